The molecular formula is C19H16N2O4S. The third kappa shape index (κ3) is 3.62. The van der Waals surface area contributed by atoms with E-state index < -0.39 is 5.97 Å². The zero-order valence-electron chi connectivity index (χ0n) is 13.9. The molecule has 1 aliphatic heterocycles. The Labute approximate surface area is 154 Å². The van der Waals surface area contributed by atoms with Crippen molar-refractivity contribution in [1.29, 1.82) is 0 Å². The molecule has 2 N–H and O–H groups in total. The molecule has 2 aromatic carbocycles. The average molecular weight is 368 g/mol. The Morgan fingerprint density at radius 1 is 1.19 bits per heavy atom. The summed E-state index contributed by atoms with van der Waals surface area (Å²) in [7, 11) is 0. The lowest BCUT2D eigenvalue weighted by molar-refractivity contribution is -0.122. The van der Waals surface area contributed by atoms with Crippen molar-refractivity contribution in [2.45, 2.75) is 6.92 Å². The highest BCUT2D eigenvalue weighted by Crippen LogP contribution is 2.35. The Hall–Kier alpha value is -3.06. The molecule has 0 saturated carbocycles. The highest BCUT2D eigenvalue weighted by atomic mass is 32.2. The van der Waals surface area contributed by atoms with Crippen molar-refractivity contribution in [2.24, 2.45) is 4.99 Å². The summed E-state index contributed by atoms with van der Waals surface area (Å²) in [5, 5.41) is 19.4. The van der Waals surface area contributed by atoms with E-state index in [1.807, 2.05) is 6.92 Å². The van der Waals surface area contributed by atoms with Crippen LogP contribution in [0.5, 0.6) is 5.75 Å². The lowest BCUT2D eigenvalue weighted by atomic mass is 10.2. The van der Waals surface area contributed by atoms with Gasteiger partial charge in [-0.05, 0) is 55.1 Å². The van der Waals surface area contributed by atoms with Gasteiger partial charge in [0.25, 0.3) is 5.91 Å². The van der Waals surface area contributed by atoms with E-state index >= 15 is 0 Å². The first-order valence-corrected chi connectivity index (χ1v) is 8.72. The molecule has 1 heterocycles. The standard InChI is InChI=1S/C19H16N2O4S/c1-2-21-17(23)16(11-13-5-3-4-6-15(13)22)26-19(21)20-14-9-7-12(8-10-14)18(24)25/h3-11,22H,2H2,1H3,(H,24,25)/b16-11-,20-19?. The maximum absolute atomic E-state index is 12.6. The number of amides is 1. The first-order valence-electron chi connectivity index (χ1n) is 7.91. The second-order valence-corrected chi connectivity index (χ2v) is 6.47. The summed E-state index contributed by atoms with van der Waals surface area (Å²) < 4.78 is 0. The molecule has 1 saturated heterocycles. The third-order valence-electron chi connectivity index (χ3n) is 3.77. The van der Waals surface area contributed by atoms with Gasteiger partial charge in [-0.1, -0.05) is 18.2 Å². The van der Waals surface area contributed by atoms with Gasteiger partial charge in [0, 0.05) is 12.1 Å². The van der Waals surface area contributed by atoms with Crippen LogP contribution >= 0.6 is 11.8 Å². The SMILES string of the molecule is CCN1C(=O)/C(=C/c2ccccc2O)SC1=Nc1ccc(C(=O)O)cc1. The number of amidine groups is 1. The third-order valence-corrected chi connectivity index (χ3v) is 4.77. The van der Waals surface area contributed by atoms with Crippen molar-refractivity contribution in [1.82, 2.24) is 4.90 Å². The predicted octanol–water partition coefficient (Wildman–Crippen LogP) is 3.71. The maximum Gasteiger partial charge on any atom is 0.335 e. The molecule has 0 radical (unpaired) electrons. The number of phenolic OH excluding ortho intramolecular Hbond substituents is 1. The number of aromatic hydroxyl groups is 1. The summed E-state index contributed by atoms with van der Waals surface area (Å²) in [5.41, 5.74) is 1.30. The Morgan fingerprint density at radius 2 is 1.88 bits per heavy atom. The number of hydrogen-bond donors (Lipinski definition) is 2. The second-order valence-electron chi connectivity index (χ2n) is 5.47. The monoisotopic (exact) mass is 368 g/mol. The molecule has 1 amide bonds. The van der Waals surface area contributed by atoms with Crippen molar-refractivity contribution in [3.63, 3.8) is 0 Å². The van der Waals surface area contributed by atoms with Gasteiger partial charge < -0.3 is 10.2 Å². The van der Waals surface area contributed by atoms with Gasteiger partial charge in [0.15, 0.2) is 5.17 Å². The van der Waals surface area contributed by atoms with Crippen LogP contribution in [-0.2, 0) is 4.79 Å². The number of benzene rings is 2. The Bertz CT molecular complexity index is 919. The number of nitrogens with zero attached hydrogens (tertiary/aromatic N) is 2. The van der Waals surface area contributed by atoms with Crippen molar-refractivity contribution >= 4 is 40.6 Å². The van der Waals surface area contributed by atoms with Crippen LogP contribution in [-0.4, -0.2) is 38.7 Å². The summed E-state index contributed by atoms with van der Waals surface area (Å²) >= 11 is 1.22. The number of carboxylic acids is 1. The van der Waals surface area contributed by atoms with E-state index in [-0.39, 0.29) is 17.2 Å². The Balaban J connectivity index is 1.92. The van der Waals surface area contributed by atoms with Gasteiger partial charge in [0.1, 0.15) is 5.75 Å². The predicted molar refractivity (Wildman–Crippen MR) is 102 cm³/mol. The molecule has 26 heavy (non-hydrogen) atoms. The molecular weight excluding hydrogens is 352 g/mol. The number of para-hydroxylation sites is 1. The molecule has 132 valence electrons. The van der Waals surface area contributed by atoms with E-state index in [2.05, 4.69) is 4.99 Å². The molecule has 0 aliphatic carbocycles. The lowest BCUT2D eigenvalue weighted by Gasteiger charge is -2.12. The zero-order chi connectivity index (χ0) is 18.7. The van der Waals surface area contributed by atoms with E-state index in [0.717, 1.165) is 0 Å². The quantitative estimate of drug-likeness (QED) is 0.803. The Morgan fingerprint density at radius 3 is 2.50 bits per heavy atom. The summed E-state index contributed by atoms with van der Waals surface area (Å²) in [4.78, 5) is 30.0. The smallest absolute Gasteiger partial charge is 0.335 e. The van der Waals surface area contributed by atoms with E-state index in [0.29, 0.717) is 27.9 Å². The molecule has 0 spiro atoms. The largest absolute Gasteiger partial charge is 0.507 e. The van der Waals surface area contributed by atoms with E-state index in [9.17, 15) is 14.7 Å². The number of rotatable bonds is 4. The summed E-state index contributed by atoms with van der Waals surface area (Å²) in [5.74, 6) is -1.08. The number of phenols is 1. The van der Waals surface area contributed by atoms with Crippen LogP contribution in [0.25, 0.3) is 6.08 Å². The first kappa shape index (κ1) is 17.8. The van der Waals surface area contributed by atoms with Crippen molar-refractivity contribution in [2.75, 3.05) is 6.54 Å². The summed E-state index contributed by atoms with van der Waals surface area (Å²) in [6.07, 6.45) is 1.64. The van der Waals surface area contributed by atoms with E-state index in [1.54, 1.807) is 47.4 Å². The van der Waals surface area contributed by atoms with Crippen LogP contribution in [0.4, 0.5) is 5.69 Å². The number of hydrogen-bond acceptors (Lipinski definition) is 5. The summed E-state index contributed by atoms with van der Waals surface area (Å²) in [6, 6.07) is 12.9. The molecule has 1 fully saturated rings. The molecule has 3 rings (SSSR count). The minimum atomic E-state index is -1.00. The van der Waals surface area contributed by atoms with E-state index in [4.69, 9.17) is 5.11 Å². The van der Waals surface area contributed by atoms with Crippen LogP contribution in [0.1, 0.15) is 22.8 Å². The van der Waals surface area contributed by atoms with Gasteiger partial charge in [-0.3, -0.25) is 9.69 Å². The van der Waals surface area contributed by atoms with Gasteiger partial charge >= 0.3 is 5.97 Å². The van der Waals surface area contributed by atoms with Gasteiger partial charge in [-0.25, -0.2) is 9.79 Å². The number of carboxylic acid groups (broad SMARTS) is 1. The number of aromatic carboxylic acids is 1. The molecule has 0 aromatic heterocycles. The normalized spacial score (nSPS) is 17.3. The Kier molecular flexibility index (Phi) is 5.09. The number of carbonyl (C=O) groups is 2. The minimum Gasteiger partial charge on any atom is -0.507 e. The molecule has 0 bridgehead atoms. The number of aliphatic imine (C=N–C) groups is 1. The van der Waals surface area contributed by atoms with Gasteiger partial charge in [-0.15, -0.1) is 0 Å². The number of likely N-dealkylation sites (N-methyl/N-ethyl adjacent to an activating group) is 1. The van der Waals surface area contributed by atoms with Crippen LogP contribution < -0.4 is 0 Å². The lowest BCUT2D eigenvalue weighted by Crippen LogP contribution is -2.28. The van der Waals surface area contributed by atoms with Crippen LogP contribution in [0.2, 0.25) is 0 Å². The average Bonchev–Trinajstić information content (AvgIpc) is 2.92. The maximum atomic E-state index is 12.6. The van der Waals surface area contributed by atoms with Gasteiger partial charge in [0.2, 0.25) is 0 Å². The minimum absolute atomic E-state index is 0.103. The zero-order valence-corrected chi connectivity index (χ0v) is 14.7. The van der Waals surface area contributed by atoms with Crippen LogP contribution in [0, 0.1) is 0 Å². The first-order chi connectivity index (χ1) is 12.5. The fourth-order valence-corrected chi connectivity index (χ4v) is 3.46. The van der Waals surface area contributed by atoms with Crippen molar-refractivity contribution in [3.8, 4) is 5.75 Å². The fourth-order valence-electron chi connectivity index (χ4n) is 2.41. The second kappa shape index (κ2) is 7.45. The molecule has 0 unspecified atom stereocenters. The molecule has 1 aliphatic rings. The van der Waals surface area contributed by atoms with E-state index in [1.165, 1.54) is 23.9 Å². The van der Waals surface area contributed by atoms with Crippen LogP contribution in [0.15, 0.2) is 58.4 Å². The number of carbonyl (C=O) groups excluding carboxylic acids is 1. The molecule has 6 nitrogen and oxygen atoms in total. The van der Waals surface area contributed by atoms with Crippen molar-refractivity contribution in [3.05, 3.63) is 64.6 Å². The van der Waals surface area contributed by atoms with Gasteiger partial charge in [-0.2, -0.15) is 0 Å². The summed E-state index contributed by atoms with van der Waals surface area (Å²) in [6.45, 7) is 2.31. The highest BCUT2D eigenvalue weighted by Gasteiger charge is 2.32. The molecule has 0 atom stereocenters. The highest BCUT2D eigenvalue weighted by molar-refractivity contribution is 8.18. The topological polar surface area (TPSA) is 90.2 Å². The molecule has 7 heteroatoms. The van der Waals surface area contributed by atoms with Gasteiger partial charge in [0.05, 0.1) is 16.2 Å². The van der Waals surface area contributed by atoms with Crippen LogP contribution in [0.3, 0.4) is 0 Å². The molecule has 2 aromatic rings. The fraction of sp³-hybridized carbons (Fsp3) is 0.105. The van der Waals surface area contributed by atoms with Crippen molar-refractivity contribution < 1.29 is 19.8 Å². The number of thioether (sulfide) groups is 1.